The fourth-order valence-corrected chi connectivity index (χ4v) is 1.77. The Hall–Kier alpha value is -0.610. The molecule has 1 fully saturated rings. The maximum atomic E-state index is 11.6. The summed E-state index contributed by atoms with van der Waals surface area (Å²) in [6, 6.07) is -0.174. The molecule has 4 nitrogen and oxygen atoms in total. The second-order valence-electron chi connectivity index (χ2n) is 4.38. The van der Waals surface area contributed by atoms with Crippen molar-refractivity contribution in [2.75, 3.05) is 13.7 Å². The Balaban J connectivity index is 2.20. The molecule has 1 rings (SSSR count). The van der Waals surface area contributed by atoms with Crippen molar-refractivity contribution in [3.05, 3.63) is 0 Å². The van der Waals surface area contributed by atoms with E-state index in [1.54, 1.807) is 7.11 Å². The lowest BCUT2D eigenvalue weighted by Crippen LogP contribution is -2.48. The van der Waals surface area contributed by atoms with Crippen LogP contribution in [0.5, 0.6) is 0 Å². The average Bonchev–Trinajstić information content (AvgIpc) is 2.10. The van der Waals surface area contributed by atoms with E-state index in [2.05, 4.69) is 12.2 Å². The van der Waals surface area contributed by atoms with E-state index in [1.165, 1.54) is 19.3 Å². The van der Waals surface area contributed by atoms with Crippen LogP contribution in [0.3, 0.4) is 0 Å². The van der Waals surface area contributed by atoms with Gasteiger partial charge in [-0.2, -0.15) is 0 Å². The summed E-state index contributed by atoms with van der Waals surface area (Å²) in [6.07, 6.45) is 4.34. The standard InChI is InChI=1S/C11H22N2O2/c1-8(9-4-3-5-9)13-11(14)10(12)6-7-15-2/h8-10H,3-7,12H2,1-2H3,(H,13,14). The first-order valence-corrected chi connectivity index (χ1v) is 5.70. The maximum Gasteiger partial charge on any atom is 0.237 e. The highest BCUT2D eigenvalue weighted by atomic mass is 16.5. The monoisotopic (exact) mass is 214 g/mol. The number of methoxy groups -OCH3 is 1. The molecule has 0 heterocycles. The fourth-order valence-electron chi connectivity index (χ4n) is 1.77. The molecule has 4 heteroatoms. The van der Waals surface area contributed by atoms with Gasteiger partial charge in [-0.15, -0.1) is 0 Å². The molecule has 0 spiro atoms. The Bertz CT molecular complexity index is 205. The lowest BCUT2D eigenvalue weighted by Gasteiger charge is -2.32. The van der Waals surface area contributed by atoms with E-state index in [9.17, 15) is 4.79 Å². The zero-order chi connectivity index (χ0) is 11.3. The van der Waals surface area contributed by atoms with Crippen molar-refractivity contribution in [1.82, 2.24) is 5.32 Å². The summed E-state index contributed by atoms with van der Waals surface area (Å²) in [4.78, 5) is 11.6. The molecule has 0 bridgehead atoms. The van der Waals surface area contributed by atoms with Crippen LogP contribution in [0, 0.1) is 5.92 Å². The molecule has 0 radical (unpaired) electrons. The van der Waals surface area contributed by atoms with Gasteiger partial charge in [-0.05, 0) is 32.1 Å². The van der Waals surface area contributed by atoms with Crippen LogP contribution in [0.4, 0.5) is 0 Å². The van der Waals surface area contributed by atoms with E-state index < -0.39 is 6.04 Å². The maximum absolute atomic E-state index is 11.6. The average molecular weight is 214 g/mol. The van der Waals surface area contributed by atoms with Crippen molar-refractivity contribution in [3.8, 4) is 0 Å². The van der Waals surface area contributed by atoms with E-state index in [-0.39, 0.29) is 11.9 Å². The molecule has 1 amide bonds. The van der Waals surface area contributed by atoms with Crippen molar-refractivity contribution in [2.45, 2.75) is 44.7 Å². The number of amides is 1. The van der Waals surface area contributed by atoms with Gasteiger partial charge in [0.1, 0.15) is 0 Å². The van der Waals surface area contributed by atoms with Crippen LogP contribution in [-0.2, 0) is 9.53 Å². The first-order valence-electron chi connectivity index (χ1n) is 5.70. The number of hydrogen-bond acceptors (Lipinski definition) is 3. The summed E-state index contributed by atoms with van der Waals surface area (Å²) in [5.74, 6) is 0.607. The van der Waals surface area contributed by atoms with Gasteiger partial charge >= 0.3 is 0 Å². The van der Waals surface area contributed by atoms with Crippen molar-refractivity contribution in [1.29, 1.82) is 0 Å². The van der Waals surface area contributed by atoms with E-state index in [0.717, 1.165) is 0 Å². The molecule has 0 aromatic heterocycles. The smallest absolute Gasteiger partial charge is 0.237 e. The summed E-state index contributed by atoms with van der Waals surface area (Å²) >= 11 is 0. The Morgan fingerprint density at radius 3 is 2.73 bits per heavy atom. The van der Waals surface area contributed by atoms with Gasteiger partial charge in [-0.1, -0.05) is 6.42 Å². The molecule has 1 saturated carbocycles. The molecule has 2 atom stereocenters. The Kier molecular flexibility index (Phi) is 5.05. The van der Waals surface area contributed by atoms with Crippen LogP contribution >= 0.6 is 0 Å². The van der Waals surface area contributed by atoms with Gasteiger partial charge in [0.15, 0.2) is 0 Å². The van der Waals surface area contributed by atoms with Crippen LogP contribution in [-0.4, -0.2) is 31.7 Å². The third kappa shape index (κ3) is 3.80. The molecule has 15 heavy (non-hydrogen) atoms. The minimum atomic E-state index is -0.438. The normalized spacial score (nSPS) is 20.5. The molecule has 0 aromatic carbocycles. The largest absolute Gasteiger partial charge is 0.385 e. The van der Waals surface area contributed by atoms with Gasteiger partial charge in [0.25, 0.3) is 0 Å². The number of hydrogen-bond donors (Lipinski definition) is 2. The van der Waals surface area contributed by atoms with Crippen molar-refractivity contribution < 1.29 is 9.53 Å². The van der Waals surface area contributed by atoms with Gasteiger partial charge < -0.3 is 15.8 Å². The second-order valence-corrected chi connectivity index (χ2v) is 4.38. The zero-order valence-corrected chi connectivity index (χ0v) is 9.66. The predicted molar refractivity (Wildman–Crippen MR) is 59.4 cm³/mol. The summed E-state index contributed by atoms with van der Waals surface area (Å²) < 4.78 is 4.89. The van der Waals surface area contributed by atoms with Gasteiger partial charge in [0.05, 0.1) is 6.04 Å². The first-order chi connectivity index (χ1) is 7.15. The van der Waals surface area contributed by atoms with Gasteiger partial charge in [-0.25, -0.2) is 0 Å². The van der Waals surface area contributed by atoms with Crippen molar-refractivity contribution >= 4 is 5.91 Å². The number of rotatable bonds is 6. The SMILES string of the molecule is COCCC(N)C(=O)NC(C)C1CCC1. The van der Waals surface area contributed by atoms with E-state index >= 15 is 0 Å². The quantitative estimate of drug-likeness (QED) is 0.682. The Labute approximate surface area is 91.5 Å². The lowest BCUT2D eigenvalue weighted by molar-refractivity contribution is -0.123. The molecule has 2 unspecified atom stereocenters. The van der Waals surface area contributed by atoms with E-state index in [1.807, 2.05) is 0 Å². The number of nitrogens with one attached hydrogen (secondary N) is 1. The summed E-state index contributed by atoms with van der Waals surface area (Å²) in [6.45, 7) is 2.59. The third-order valence-corrected chi connectivity index (χ3v) is 3.20. The van der Waals surface area contributed by atoms with Crippen LogP contribution in [0.1, 0.15) is 32.6 Å². The molecule has 0 saturated heterocycles. The number of carbonyl (C=O) groups excluding carboxylic acids is 1. The van der Waals surface area contributed by atoms with E-state index in [0.29, 0.717) is 18.9 Å². The third-order valence-electron chi connectivity index (χ3n) is 3.20. The number of carbonyl (C=O) groups is 1. The molecular formula is C11H22N2O2. The molecule has 1 aliphatic carbocycles. The van der Waals surface area contributed by atoms with Gasteiger partial charge in [-0.3, -0.25) is 4.79 Å². The summed E-state index contributed by atoms with van der Waals surface area (Å²) in [5.41, 5.74) is 5.72. The van der Waals surface area contributed by atoms with Crippen molar-refractivity contribution in [3.63, 3.8) is 0 Å². The predicted octanol–water partition coefficient (Wildman–Crippen LogP) is 0.655. The van der Waals surface area contributed by atoms with Crippen LogP contribution in [0.15, 0.2) is 0 Å². The highest BCUT2D eigenvalue weighted by Gasteiger charge is 2.26. The highest BCUT2D eigenvalue weighted by Crippen LogP contribution is 2.29. The molecule has 3 N–H and O–H groups in total. The molecule has 1 aliphatic rings. The lowest BCUT2D eigenvalue weighted by atomic mass is 9.80. The Morgan fingerprint density at radius 1 is 1.60 bits per heavy atom. The minimum absolute atomic E-state index is 0.0496. The summed E-state index contributed by atoms with van der Waals surface area (Å²) in [7, 11) is 1.61. The highest BCUT2D eigenvalue weighted by molar-refractivity contribution is 5.81. The zero-order valence-electron chi connectivity index (χ0n) is 9.66. The van der Waals surface area contributed by atoms with Crippen LogP contribution in [0.2, 0.25) is 0 Å². The number of ether oxygens (including phenoxy) is 1. The van der Waals surface area contributed by atoms with Crippen LogP contribution in [0.25, 0.3) is 0 Å². The van der Waals surface area contributed by atoms with Crippen LogP contribution < -0.4 is 11.1 Å². The second kappa shape index (κ2) is 6.08. The van der Waals surface area contributed by atoms with E-state index in [4.69, 9.17) is 10.5 Å². The molecule has 0 aromatic rings. The van der Waals surface area contributed by atoms with Gasteiger partial charge in [0, 0.05) is 19.8 Å². The van der Waals surface area contributed by atoms with Crippen molar-refractivity contribution in [2.24, 2.45) is 11.7 Å². The molecule has 0 aliphatic heterocycles. The molecular weight excluding hydrogens is 192 g/mol. The minimum Gasteiger partial charge on any atom is -0.385 e. The molecule has 88 valence electrons. The summed E-state index contributed by atoms with van der Waals surface area (Å²) in [5, 5.41) is 2.97. The Morgan fingerprint density at radius 2 is 2.27 bits per heavy atom. The fraction of sp³-hybridized carbons (Fsp3) is 0.909. The number of nitrogens with two attached hydrogens (primary N) is 1. The topological polar surface area (TPSA) is 64.3 Å². The van der Waals surface area contributed by atoms with Gasteiger partial charge in [0.2, 0.25) is 5.91 Å². The first kappa shape index (κ1) is 12.5.